The molecule has 0 unspecified atom stereocenters. The summed E-state index contributed by atoms with van der Waals surface area (Å²) in [7, 11) is 1.13. The molecule has 26 nitrogen and oxygen atoms in total. The minimum Gasteiger partial charge on any atom is -0.480 e. The minimum absolute atomic E-state index is 0.00698. The van der Waals surface area contributed by atoms with Crippen molar-refractivity contribution < 1.29 is 85.0 Å². The second kappa shape index (κ2) is 37.9. The first kappa shape index (κ1) is 73.7. The van der Waals surface area contributed by atoms with E-state index in [1.54, 1.807) is 59.9 Å². The van der Waals surface area contributed by atoms with Crippen molar-refractivity contribution in [2.75, 3.05) is 126 Å². The topological polar surface area (TPSA) is 319 Å². The van der Waals surface area contributed by atoms with Gasteiger partial charge >= 0.3 is 5.97 Å². The summed E-state index contributed by atoms with van der Waals surface area (Å²) >= 11 is 0. The third kappa shape index (κ3) is 23.3. The summed E-state index contributed by atoms with van der Waals surface area (Å²) in [6.07, 6.45) is 4.56. The first-order valence-corrected chi connectivity index (χ1v) is 32.0. The predicted molar refractivity (Wildman–Crippen MR) is 319 cm³/mol. The first-order valence-electron chi connectivity index (χ1n) is 30.1. The van der Waals surface area contributed by atoms with E-state index in [0.29, 0.717) is 98.0 Å². The van der Waals surface area contributed by atoms with Crippen LogP contribution in [0.3, 0.4) is 0 Å². The Balaban J connectivity index is 1.14. The lowest BCUT2D eigenvalue weighted by Crippen LogP contribution is -2.62. The van der Waals surface area contributed by atoms with E-state index in [-0.39, 0.29) is 92.5 Å². The van der Waals surface area contributed by atoms with Crippen molar-refractivity contribution in [3.8, 4) is 0 Å². The van der Waals surface area contributed by atoms with Crippen LogP contribution < -0.4 is 16.0 Å². The molecular weight excluding hydrogens is 1150 g/mol. The molecule has 2 fully saturated rings. The van der Waals surface area contributed by atoms with Gasteiger partial charge in [0.2, 0.25) is 29.5 Å². The number of ether oxygens (including phenoxy) is 8. The second-order valence-corrected chi connectivity index (χ2v) is 24.5. The zero-order valence-corrected chi connectivity index (χ0v) is 53.3. The fourth-order valence-corrected chi connectivity index (χ4v) is 11.2. The summed E-state index contributed by atoms with van der Waals surface area (Å²) in [6.45, 7) is 15.7. The van der Waals surface area contributed by atoms with Crippen LogP contribution >= 0.6 is 0 Å². The summed E-state index contributed by atoms with van der Waals surface area (Å²) in [5.41, 5.74) is -0.463. The Bertz CT molecular complexity index is 2570. The van der Waals surface area contributed by atoms with Gasteiger partial charge in [-0.05, 0) is 50.0 Å². The van der Waals surface area contributed by atoms with Crippen LogP contribution in [-0.4, -0.2) is 248 Å². The Morgan fingerprint density at radius 1 is 0.770 bits per heavy atom. The number of carbonyl (C=O) groups is 7. The maximum atomic E-state index is 14.7. The van der Waals surface area contributed by atoms with Crippen LogP contribution in [-0.2, 0) is 82.9 Å². The molecule has 2 saturated heterocycles. The van der Waals surface area contributed by atoms with Gasteiger partial charge in [-0.25, -0.2) is 23.2 Å². The van der Waals surface area contributed by atoms with E-state index >= 15 is 0 Å². The molecule has 0 saturated carbocycles. The van der Waals surface area contributed by atoms with E-state index in [1.165, 1.54) is 14.2 Å². The van der Waals surface area contributed by atoms with E-state index in [2.05, 4.69) is 25.9 Å². The highest BCUT2D eigenvalue weighted by molar-refractivity contribution is 7.90. The molecule has 6 amide bonds. The van der Waals surface area contributed by atoms with E-state index in [1.807, 2.05) is 33.8 Å². The molecule has 490 valence electrons. The van der Waals surface area contributed by atoms with Gasteiger partial charge in [-0.1, -0.05) is 71.4 Å². The van der Waals surface area contributed by atoms with Gasteiger partial charge in [0.05, 0.1) is 135 Å². The van der Waals surface area contributed by atoms with Crippen molar-refractivity contribution in [1.29, 1.82) is 0 Å². The Labute approximate surface area is 513 Å². The smallest absolute Gasteiger partial charge is 0.326 e. The highest BCUT2D eigenvalue weighted by Crippen LogP contribution is 2.32. The molecular formula is C60H96N8O18S. The molecule has 2 aliphatic heterocycles. The molecule has 2 aliphatic rings. The van der Waals surface area contributed by atoms with Gasteiger partial charge in [-0.15, -0.1) is 0 Å². The van der Waals surface area contributed by atoms with Gasteiger partial charge in [-0.2, -0.15) is 0 Å². The van der Waals surface area contributed by atoms with E-state index in [4.69, 9.17) is 37.9 Å². The van der Waals surface area contributed by atoms with E-state index in [9.17, 15) is 47.1 Å². The number of sulfone groups is 1. The Kier molecular flexibility index (Phi) is 32.1. The summed E-state index contributed by atoms with van der Waals surface area (Å²) in [4.78, 5) is 108. The van der Waals surface area contributed by atoms with Crippen LogP contribution in [0, 0.1) is 17.8 Å². The van der Waals surface area contributed by atoms with Gasteiger partial charge in [0.25, 0.3) is 5.91 Å². The minimum atomic E-state index is -3.51. The number of carboxylic acid groups (broad SMARTS) is 1. The molecule has 87 heavy (non-hydrogen) atoms. The highest BCUT2D eigenvalue weighted by Gasteiger charge is 2.48. The number of aromatic nitrogens is 2. The molecule has 0 spiro atoms. The van der Waals surface area contributed by atoms with Gasteiger partial charge in [0.1, 0.15) is 23.3 Å². The Hall–Kier alpha value is -5.78. The number of likely N-dealkylation sites (tertiary alicyclic amines) is 2. The maximum Gasteiger partial charge on any atom is 0.326 e. The lowest BCUT2D eigenvalue weighted by Gasteiger charge is -2.41. The van der Waals surface area contributed by atoms with Gasteiger partial charge in [0, 0.05) is 53.6 Å². The fraction of sp³-hybridized carbons (Fsp3) is 0.717. The second-order valence-electron chi connectivity index (χ2n) is 22.5. The lowest BCUT2D eigenvalue weighted by atomic mass is 9.89. The van der Waals surface area contributed by atoms with E-state index in [0.717, 1.165) is 24.2 Å². The van der Waals surface area contributed by atoms with Crippen molar-refractivity contribution in [3.63, 3.8) is 0 Å². The Morgan fingerprint density at radius 3 is 1.87 bits per heavy atom. The number of nitrogens with zero attached hydrogens (tertiary/aromatic N) is 5. The predicted octanol–water partition coefficient (Wildman–Crippen LogP) is 2.35. The van der Waals surface area contributed by atoms with Crippen molar-refractivity contribution in [2.24, 2.45) is 17.8 Å². The number of aliphatic carboxylic acids is 1. The van der Waals surface area contributed by atoms with Gasteiger partial charge in [-0.3, -0.25) is 28.8 Å². The normalized spacial score (nSPS) is 18.5. The highest BCUT2D eigenvalue weighted by atomic mass is 32.2. The van der Waals surface area contributed by atoms with Gasteiger partial charge < -0.3 is 73.7 Å². The van der Waals surface area contributed by atoms with Gasteiger partial charge in [0.15, 0.2) is 14.9 Å². The van der Waals surface area contributed by atoms with Crippen LogP contribution in [0.25, 0.3) is 0 Å². The molecule has 3 heterocycles. The molecule has 27 heteroatoms. The molecule has 9 atom stereocenters. The lowest BCUT2D eigenvalue weighted by molar-refractivity contribution is -0.150. The van der Waals surface area contributed by atoms with Crippen LogP contribution in [0.15, 0.2) is 47.8 Å². The number of rotatable bonds is 42. The summed E-state index contributed by atoms with van der Waals surface area (Å²) in [5, 5.41) is 18.1. The number of carboxylic acids is 1. The molecule has 4 rings (SSSR count). The number of benzene rings is 1. The average molecular weight is 1250 g/mol. The zero-order valence-electron chi connectivity index (χ0n) is 52.5. The summed E-state index contributed by atoms with van der Waals surface area (Å²) in [5.74, 6) is -4.77. The number of carbonyl (C=O) groups excluding carboxylic acids is 6. The van der Waals surface area contributed by atoms with E-state index < -0.39 is 81.4 Å². The first-order chi connectivity index (χ1) is 41.5. The van der Waals surface area contributed by atoms with Crippen molar-refractivity contribution >= 4 is 51.2 Å². The van der Waals surface area contributed by atoms with Crippen LogP contribution in [0.2, 0.25) is 0 Å². The largest absolute Gasteiger partial charge is 0.480 e. The molecule has 2 aromatic rings. The quantitative estimate of drug-likeness (QED) is 0.0693. The number of amides is 6. The molecule has 0 bridgehead atoms. The van der Waals surface area contributed by atoms with Crippen molar-refractivity contribution in [3.05, 3.63) is 54.0 Å². The number of nitrogens with one attached hydrogen (secondary N) is 3. The number of hydrogen-bond acceptors (Lipinski definition) is 19. The maximum absolute atomic E-state index is 14.7. The van der Waals surface area contributed by atoms with Crippen molar-refractivity contribution in [2.45, 2.75) is 140 Å². The monoisotopic (exact) mass is 1250 g/mol. The zero-order chi connectivity index (χ0) is 64.1. The van der Waals surface area contributed by atoms with Crippen LogP contribution in [0.4, 0.5) is 0 Å². The molecule has 4 N–H and O–H groups in total. The van der Waals surface area contributed by atoms with Crippen LogP contribution in [0.5, 0.6) is 0 Å². The third-order valence-electron chi connectivity index (χ3n) is 15.9. The fourth-order valence-electron chi connectivity index (χ4n) is 10.7. The standard InChI is InChI=1S/C60H96N8O18S/c1-11-42(4)53(48(79-8)38-51(70)67-23-15-19-47(67)54(80-9)43(5)55(71)64-45(58(74)75)37-44-17-13-12-14-18-44)66(7)57(73)52(41(2)3)65-59(76)60(6)21-16-24-68(60)50(69)20-25-81-27-29-83-31-33-85-35-36-86-34-32-84-30-28-82-26-22-61-56(72)46-39-63-49(40-62-46)87(10,77)78/h12-14,17-18,39-43,45,47-48,52-54H,11,15-16,19-38H2,1-10H3,(H,61,72)(H,64,71)(H,65,76)(H,74,75)/t42-,43+,45-,47-,48+,52-,53-,54+,60-/m0/s1. The average Bonchev–Trinajstić information content (AvgIpc) is 1.91. The summed E-state index contributed by atoms with van der Waals surface area (Å²) < 4.78 is 68.2. The molecule has 1 aromatic heterocycles. The Morgan fingerprint density at radius 2 is 1.36 bits per heavy atom. The van der Waals surface area contributed by atoms with Crippen molar-refractivity contribution in [1.82, 2.24) is 40.6 Å². The molecule has 0 aliphatic carbocycles. The number of methoxy groups -OCH3 is 2. The van der Waals surface area contributed by atoms with Crippen LogP contribution in [0.1, 0.15) is 103 Å². The third-order valence-corrected chi connectivity index (χ3v) is 16.9. The number of hydrogen-bond donors (Lipinski definition) is 4. The molecule has 1 aromatic carbocycles. The SMILES string of the molecule is CC[C@H](C)[C@@H]([C@@H](CC(=O)N1CCC[C@H]1[C@H](OC)[C@@H](C)C(=O)N[C@@H](Cc1ccccc1)C(=O)O)OC)N(C)C(=O)[C@@H](NC(=O)[C@]1(C)CCCN1C(=O)CCOCCOCCOCCOCCOCCOCCNC(=O)c1cnc(S(C)(=O)=O)cn1)C(C)C. The summed E-state index contributed by atoms with van der Waals surface area (Å²) in [6, 6.07) is 5.81. The molecule has 0 radical (unpaired) electrons. The number of likely N-dealkylation sites (N-methyl/N-ethyl adjacent to an activating group) is 1.